The lowest BCUT2D eigenvalue weighted by Gasteiger charge is -2.09. The van der Waals surface area contributed by atoms with Gasteiger partial charge in [-0.05, 0) is 30.2 Å². The van der Waals surface area contributed by atoms with Crippen molar-refractivity contribution in [2.24, 2.45) is 5.92 Å². The largest absolute Gasteiger partial charge is 0.497 e. The summed E-state index contributed by atoms with van der Waals surface area (Å²) in [5.74, 6) is 1.07. The van der Waals surface area contributed by atoms with E-state index in [0.29, 0.717) is 31.1 Å². The molecule has 0 aliphatic heterocycles. The van der Waals surface area contributed by atoms with Gasteiger partial charge in [-0.25, -0.2) is 4.98 Å². The van der Waals surface area contributed by atoms with E-state index in [0.717, 1.165) is 11.3 Å². The van der Waals surface area contributed by atoms with E-state index < -0.39 is 0 Å². The Bertz CT molecular complexity index is 736. The van der Waals surface area contributed by atoms with Crippen molar-refractivity contribution in [3.63, 3.8) is 0 Å². The number of aromatic nitrogens is 2. The van der Waals surface area contributed by atoms with Gasteiger partial charge in [-0.15, -0.1) is 0 Å². The van der Waals surface area contributed by atoms with Crippen LogP contribution in [0.4, 0.5) is 0 Å². The second kappa shape index (κ2) is 8.29. The first-order valence-electron chi connectivity index (χ1n) is 7.97. The Kier molecular flexibility index (Phi) is 6.12. The summed E-state index contributed by atoms with van der Waals surface area (Å²) in [7, 11) is 1.61. The van der Waals surface area contributed by atoms with E-state index in [4.69, 9.17) is 4.74 Å². The second-order valence-corrected chi connectivity index (χ2v) is 5.98. The zero-order valence-corrected chi connectivity index (χ0v) is 14.3. The van der Waals surface area contributed by atoms with Crippen molar-refractivity contribution in [2.75, 3.05) is 13.7 Å². The first-order valence-corrected chi connectivity index (χ1v) is 7.97. The Morgan fingerprint density at radius 1 is 1.29 bits per heavy atom. The molecule has 6 heteroatoms. The van der Waals surface area contributed by atoms with Crippen molar-refractivity contribution >= 4 is 5.91 Å². The van der Waals surface area contributed by atoms with Crippen molar-refractivity contribution < 1.29 is 9.53 Å². The molecule has 0 saturated heterocycles. The van der Waals surface area contributed by atoms with Gasteiger partial charge in [-0.1, -0.05) is 13.8 Å². The normalized spacial score (nSPS) is 10.7. The standard InChI is InChI=1S/C18H23N3O3/c1-13(2)10-17(22)19-8-9-21-12-20-16(11-18(21)23)14-4-6-15(24-3)7-5-14/h4-7,11-13H,8-10H2,1-3H3,(H,19,22). The highest BCUT2D eigenvalue weighted by atomic mass is 16.5. The van der Waals surface area contributed by atoms with Crippen LogP contribution in [0.1, 0.15) is 20.3 Å². The van der Waals surface area contributed by atoms with Crippen LogP contribution in [0.15, 0.2) is 41.5 Å². The lowest BCUT2D eigenvalue weighted by Crippen LogP contribution is -2.31. The van der Waals surface area contributed by atoms with Gasteiger partial charge in [-0.2, -0.15) is 0 Å². The average Bonchev–Trinajstić information content (AvgIpc) is 2.55. The van der Waals surface area contributed by atoms with Gasteiger partial charge in [-0.3, -0.25) is 14.2 Å². The Labute approximate surface area is 141 Å². The maximum Gasteiger partial charge on any atom is 0.253 e. The third kappa shape index (κ3) is 4.94. The van der Waals surface area contributed by atoms with Gasteiger partial charge in [0.1, 0.15) is 5.75 Å². The molecule has 24 heavy (non-hydrogen) atoms. The second-order valence-electron chi connectivity index (χ2n) is 5.98. The van der Waals surface area contributed by atoms with Crippen molar-refractivity contribution in [2.45, 2.75) is 26.8 Å². The Morgan fingerprint density at radius 2 is 2.00 bits per heavy atom. The molecule has 1 N–H and O–H groups in total. The molecule has 0 aliphatic carbocycles. The molecule has 6 nitrogen and oxygen atoms in total. The highest BCUT2D eigenvalue weighted by Crippen LogP contribution is 2.19. The first kappa shape index (κ1) is 17.7. The number of amides is 1. The minimum Gasteiger partial charge on any atom is -0.497 e. The number of benzene rings is 1. The highest BCUT2D eigenvalue weighted by molar-refractivity contribution is 5.75. The number of nitrogens with zero attached hydrogens (tertiary/aromatic N) is 2. The Hall–Kier alpha value is -2.63. The minimum atomic E-state index is -0.145. The molecule has 2 aromatic rings. The maximum atomic E-state index is 12.2. The molecule has 1 amide bonds. The SMILES string of the molecule is COc1ccc(-c2cc(=O)n(CCNC(=O)CC(C)C)cn2)cc1. The third-order valence-corrected chi connectivity index (χ3v) is 3.53. The van der Waals surface area contributed by atoms with Gasteiger partial charge in [0.15, 0.2) is 0 Å². The fraction of sp³-hybridized carbons (Fsp3) is 0.389. The minimum absolute atomic E-state index is 0.000797. The predicted molar refractivity (Wildman–Crippen MR) is 92.9 cm³/mol. The van der Waals surface area contributed by atoms with E-state index in [9.17, 15) is 9.59 Å². The van der Waals surface area contributed by atoms with Crippen LogP contribution in [0.25, 0.3) is 11.3 Å². The smallest absolute Gasteiger partial charge is 0.253 e. The number of nitrogens with one attached hydrogen (secondary N) is 1. The molecular weight excluding hydrogens is 306 g/mol. The molecule has 1 heterocycles. The molecular formula is C18H23N3O3. The van der Waals surface area contributed by atoms with E-state index in [1.807, 2.05) is 38.1 Å². The molecule has 0 fully saturated rings. The Morgan fingerprint density at radius 3 is 2.58 bits per heavy atom. The zero-order valence-electron chi connectivity index (χ0n) is 14.3. The van der Waals surface area contributed by atoms with Crippen LogP contribution < -0.4 is 15.6 Å². The molecule has 0 saturated carbocycles. The fourth-order valence-corrected chi connectivity index (χ4v) is 2.27. The molecule has 0 unspecified atom stereocenters. The molecule has 0 spiro atoms. The fourth-order valence-electron chi connectivity index (χ4n) is 2.27. The number of methoxy groups -OCH3 is 1. The zero-order chi connectivity index (χ0) is 17.5. The van der Waals surface area contributed by atoms with E-state index in [1.54, 1.807) is 7.11 Å². The molecule has 0 aliphatic rings. The number of hydrogen-bond acceptors (Lipinski definition) is 4. The lowest BCUT2D eigenvalue weighted by molar-refractivity contribution is -0.121. The predicted octanol–water partition coefficient (Wildman–Crippen LogP) is 2.08. The monoisotopic (exact) mass is 329 g/mol. The van der Waals surface area contributed by atoms with E-state index in [1.165, 1.54) is 17.0 Å². The molecule has 1 aromatic carbocycles. The summed E-state index contributed by atoms with van der Waals surface area (Å²) >= 11 is 0. The van der Waals surface area contributed by atoms with E-state index in [-0.39, 0.29) is 11.5 Å². The van der Waals surface area contributed by atoms with Crippen LogP contribution in [0.5, 0.6) is 5.75 Å². The molecule has 0 atom stereocenters. The van der Waals surface area contributed by atoms with Crippen LogP contribution in [-0.2, 0) is 11.3 Å². The number of hydrogen-bond donors (Lipinski definition) is 1. The summed E-state index contributed by atoms with van der Waals surface area (Å²) in [6.45, 7) is 4.80. The number of rotatable bonds is 7. The molecule has 0 bridgehead atoms. The van der Waals surface area contributed by atoms with Crippen molar-refractivity contribution in [1.29, 1.82) is 0 Å². The molecule has 0 radical (unpaired) electrons. The maximum absolute atomic E-state index is 12.2. The van der Waals surface area contributed by atoms with Gasteiger partial charge >= 0.3 is 0 Å². The van der Waals surface area contributed by atoms with Crippen molar-refractivity contribution in [1.82, 2.24) is 14.9 Å². The van der Waals surface area contributed by atoms with E-state index in [2.05, 4.69) is 10.3 Å². The molecule has 128 valence electrons. The summed E-state index contributed by atoms with van der Waals surface area (Å²) in [6.07, 6.45) is 2.00. The average molecular weight is 329 g/mol. The highest BCUT2D eigenvalue weighted by Gasteiger charge is 2.06. The molecule has 1 aromatic heterocycles. The van der Waals surface area contributed by atoms with E-state index >= 15 is 0 Å². The lowest BCUT2D eigenvalue weighted by atomic mass is 10.1. The summed E-state index contributed by atoms with van der Waals surface area (Å²) < 4.78 is 6.60. The van der Waals surface area contributed by atoms with Crippen LogP contribution in [-0.4, -0.2) is 29.1 Å². The summed E-state index contributed by atoms with van der Waals surface area (Å²) in [4.78, 5) is 28.1. The van der Waals surface area contributed by atoms with Gasteiger partial charge in [0, 0.05) is 31.1 Å². The third-order valence-electron chi connectivity index (χ3n) is 3.53. The van der Waals surface area contributed by atoms with Gasteiger partial charge in [0.25, 0.3) is 5.56 Å². The summed E-state index contributed by atoms with van der Waals surface area (Å²) in [5, 5.41) is 2.81. The van der Waals surface area contributed by atoms with Gasteiger partial charge < -0.3 is 10.1 Å². The Balaban J connectivity index is 1.99. The number of carbonyl (C=O) groups is 1. The van der Waals surface area contributed by atoms with Gasteiger partial charge in [0.05, 0.1) is 19.1 Å². The first-order chi connectivity index (χ1) is 11.5. The topological polar surface area (TPSA) is 73.2 Å². The van der Waals surface area contributed by atoms with Crippen LogP contribution in [0.3, 0.4) is 0 Å². The number of carbonyl (C=O) groups excluding carboxylic acids is 1. The summed E-state index contributed by atoms with van der Waals surface area (Å²) in [6, 6.07) is 8.87. The van der Waals surface area contributed by atoms with Crippen LogP contribution in [0, 0.1) is 5.92 Å². The van der Waals surface area contributed by atoms with Crippen LogP contribution >= 0.6 is 0 Å². The number of ether oxygens (including phenoxy) is 1. The van der Waals surface area contributed by atoms with Gasteiger partial charge in [0.2, 0.25) is 5.91 Å². The van der Waals surface area contributed by atoms with Crippen molar-refractivity contribution in [3.05, 3.63) is 47.0 Å². The summed E-state index contributed by atoms with van der Waals surface area (Å²) in [5.41, 5.74) is 1.32. The van der Waals surface area contributed by atoms with Crippen molar-refractivity contribution in [3.8, 4) is 17.0 Å². The van der Waals surface area contributed by atoms with Crippen LogP contribution in [0.2, 0.25) is 0 Å². The quantitative estimate of drug-likeness (QED) is 0.844. The molecule has 2 rings (SSSR count).